The van der Waals surface area contributed by atoms with E-state index in [0.717, 1.165) is 18.4 Å². The number of ketones is 1. The van der Waals surface area contributed by atoms with Crippen LogP contribution in [0, 0.1) is 0 Å². The highest BCUT2D eigenvalue weighted by Crippen LogP contribution is 2.30. The summed E-state index contributed by atoms with van der Waals surface area (Å²) in [5.74, 6) is -0.0142. The van der Waals surface area contributed by atoms with Crippen LogP contribution in [-0.4, -0.2) is 57.1 Å². The highest BCUT2D eigenvalue weighted by atomic mass is 35.5. The van der Waals surface area contributed by atoms with Gasteiger partial charge in [-0.05, 0) is 36.6 Å². The number of aromatic amines is 1. The van der Waals surface area contributed by atoms with Crippen molar-refractivity contribution in [2.75, 3.05) is 23.8 Å². The number of carbonyl (C=O) groups excluding carboxylic acids is 2. The molecule has 190 valence electrons. The summed E-state index contributed by atoms with van der Waals surface area (Å²) in [5.41, 5.74) is 2.48. The molecule has 1 aliphatic heterocycles. The van der Waals surface area contributed by atoms with Crippen molar-refractivity contribution < 1.29 is 19.4 Å². The number of hydrogen-bond acceptors (Lipinski definition) is 7. The first-order valence-electron chi connectivity index (χ1n) is 12.0. The van der Waals surface area contributed by atoms with Gasteiger partial charge in [-0.25, -0.2) is 9.97 Å². The molecule has 0 unspecified atom stereocenters. The first-order chi connectivity index (χ1) is 18.0. The first kappa shape index (κ1) is 24.9. The zero-order valence-electron chi connectivity index (χ0n) is 19.9. The number of nitrogens with zero attached hydrogens (tertiary/aromatic N) is 2. The normalized spacial score (nSPS) is 17.5. The molecule has 5 rings (SSSR count). The third-order valence-electron chi connectivity index (χ3n) is 6.33. The van der Waals surface area contributed by atoms with Crippen molar-refractivity contribution in [3.8, 4) is 0 Å². The molecule has 9 nitrogen and oxygen atoms in total. The number of anilines is 2. The molecule has 1 aliphatic rings. The van der Waals surface area contributed by atoms with E-state index in [0.29, 0.717) is 34.7 Å². The van der Waals surface area contributed by atoms with Crippen molar-refractivity contribution in [1.82, 2.24) is 15.0 Å². The van der Waals surface area contributed by atoms with E-state index in [1.807, 2.05) is 30.3 Å². The number of hydrogen-bond donors (Lipinski definition) is 4. The van der Waals surface area contributed by atoms with E-state index >= 15 is 0 Å². The molecule has 10 heteroatoms. The highest BCUT2D eigenvalue weighted by Gasteiger charge is 2.25. The minimum Gasteiger partial charge on any atom is -0.394 e. The van der Waals surface area contributed by atoms with Gasteiger partial charge in [-0.15, -0.1) is 0 Å². The Balaban J connectivity index is 1.38. The number of carbonyl (C=O) groups is 2. The Bertz CT molecular complexity index is 1420. The Morgan fingerprint density at radius 1 is 1.11 bits per heavy atom. The van der Waals surface area contributed by atoms with E-state index in [1.54, 1.807) is 24.4 Å². The third-order valence-corrected chi connectivity index (χ3v) is 6.66. The SMILES string of the molecule is O=C(Cc1ccccc1)Nc1ccc(Cl)c(C(=O)c2c[nH]c3ncnc(N[C@@H]4CC[C@@H](CO)OC4)c23)c1. The lowest BCUT2D eigenvalue weighted by Crippen LogP contribution is -2.36. The zero-order chi connectivity index (χ0) is 25.8. The van der Waals surface area contributed by atoms with Gasteiger partial charge < -0.3 is 25.5 Å². The van der Waals surface area contributed by atoms with Crippen molar-refractivity contribution in [3.05, 3.63) is 82.8 Å². The highest BCUT2D eigenvalue weighted by molar-refractivity contribution is 6.36. The number of aliphatic hydroxyl groups excluding tert-OH is 1. The van der Waals surface area contributed by atoms with Gasteiger partial charge in [-0.2, -0.15) is 0 Å². The molecule has 37 heavy (non-hydrogen) atoms. The summed E-state index contributed by atoms with van der Waals surface area (Å²) >= 11 is 6.42. The van der Waals surface area contributed by atoms with Crippen LogP contribution in [0.5, 0.6) is 0 Å². The summed E-state index contributed by atoms with van der Waals surface area (Å²) in [6.07, 6.45) is 4.58. The Morgan fingerprint density at radius 3 is 2.70 bits per heavy atom. The fraction of sp³-hybridized carbons (Fsp3) is 0.259. The maximum Gasteiger partial charge on any atom is 0.228 e. The number of aliphatic hydroxyl groups is 1. The van der Waals surface area contributed by atoms with Gasteiger partial charge in [-0.1, -0.05) is 41.9 Å². The van der Waals surface area contributed by atoms with Crippen molar-refractivity contribution in [1.29, 1.82) is 0 Å². The van der Waals surface area contributed by atoms with Gasteiger partial charge in [0.15, 0.2) is 5.78 Å². The molecular weight excluding hydrogens is 494 g/mol. The third kappa shape index (κ3) is 5.64. The number of fused-ring (bicyclic) bond motifs is 1. The molecule has 0 spiro atoms. The second-order valence-electron chi connectivity index (χ2n) is 8.94. The van der Waals surface area contributed by atoms with Gasteiger partial charge in [0.2, 0.25) is 5.91 Å². The van der Waals surface area contributed by atoms with Gasteiger partial charge in [0.05, 0.1) is 47.8 Å². The van der Waals surface area contributed by atoms with Crippen LogP contribution in [0.1, 0.15) is 34.3 Å². The number of amides is 1. The molecule has 3 heterocycles. The van der Waals surface area contributed by atoms with Crippen LogP contribution in [0.3, 0.4) is 0 Å². The standard InChI is InChI=1S/C27H26ClN5O4/c28-22-9-7-17(32-23(35)10-16-4-2-1-3-5-16)11-20(22)25(36)21-12-29-26-24(21)27(31-15-30-26)33-18-6-8-19(13-34)37-14-18/h1-5,7,9,11-12,15,18-19,34H,6,8,10,13-14H2,(H,32,35)(H2,29,30,31,33)/t18-,19+/m1/s1. The molecule has 0 saturated carbocycles. The van der Waals surface area contributed by atoms with E-state index in [4.69, 9.17) is 16.3 Å². The van der Waals surface area contributed by atoms with Crippen LogP contribution < -0.4 is 10.6 Å². The fourth-order valence-corrected chi connectivity index (χ4v) is 4.62. The van der Waals surface area contributed by atoms with E-state index < -0.39 is 0 Å². The number of H-pyrrole nitrogens is 1. The van der Waals surface area contributed by atoms with Crippen LogP contribution in [0.4, 0.5) is 11.5 Å². The maximum absolute atomic E-state index is 13.6. The predicted octanol–water partition coefficient (Wildman–Crippen LogP) is 3.98. The second-order valence-corrected chi connectivity index (χ2v) is 9.35. The number of rotatable bonds is 8. The fourth-order valence-electron chi connectivity index (χ4n) is 4.42. The summed E-state index contributed by atoms with van der Waals surface area (Å²) in [7, 11) is 0. The summed E-state index contributed by atoms with van der Waals surface area (Å²) in [4.78, 5) is 37.9. The molecule has 0 aliphatic carbocycles. The average Bonchev–Trinajstić information content (AvgIpc) is 3.36. The van der Waals surface area contributed by atoms with Crippen LogP contribution in [0.25, 0.3) is 11.0 Å². The van der Waals surface area contributed by atoms with Crippen LogP contribution in [0.2, 0.25) is 5.02 Å². The van der Waals surface area contributed by atoms with Crippen molar-refractivity contribution >= 4 is 45.8 Å². The topological polar surface area (TPSA) is 129 Å². The van der Waals surface area contributed by atoms with Gasteiger partial charge in [-0.3, -0.25) is 9.59 Å². The molecular formula is C27H26ClN5O4. The van der Waals surface area contributed by atoms with Crippen molar-refractivity contribution in [2.45, 2.75) is 31.4 Å². The molecule has 0 radical (unpaired) electrons. The number of benzene rings is 2. The Morgan fingerprint density at radius 2 is 1.95 bits per heavy atom. The minimum atomic E-state index is -0.325. The van der Waals surface area contributed by atoms with Crippen LogP contribution in [-0.2, 0) is 16.0 Å². The first-order valence-corrected chi connectivity index (χ1v) is 12.4. The maximum atomic E-state index is 13.6. The smallest absolute Gasteiger partial charge is 0.228 e. The summed E-state index contributed by atoms with van der Waals surface area (Å²) in [6.45, 7) is 0.411. The average molecular weight is 520 g/mol. The lowest BCUT2D eigenvalue weighted by atomic mass is 10.0. The van der Waals surface area contributed by atoms with Gasteiger partial charge in [0, 0.05) is 17.4 Å². The molecule has 2 aromatic carbocycles. The lowest BCUT2D eigenvalue weighted by Gasteiger charge is -2.29. The predicted molar refractivity (Wildman–Crippen MR) is 141 cm³/mol. The number of aromatic nitrogens is 3. The number of halogens is 1. The zero-order valence-corrected chi connectivity index (χ0v) is 20.7. The van der Waals surface area contributed by atoms with E-state index in [2.05, 4.69) is 25.6 Å². The Kier molecular flexibility index (Phi) is 7.45. The molecule has 0 bridgehead atoms. The molecule has 4 N–H and O–H groups in total. The van der Waals surface area contributed by atoms with Crippen LogP contribution in [0.15, 0.2) is 61.1 Å². The van der Waals surface area contributed by atoms with Gasteiger partial charge >= 0.3 is 0 Å². The Hall–Kier alpha value is -3.79. The van der Waals surface area contributed by atoms with E-state index in [-0.39, 0.29) is 47.5 Å². The van der Waals surface area contributed by atoms with E-state index in [9.17, 15) is 14.7 Å². The second kappa shape index (κ2) is 11.1. The Labute approximate surface area is 218 Å². The van der Waals surface area contributed by atoms with Gasteiger partial charge in [0.1, 0.15) is 17.8 Å². The molecule has 4 aromatic rings. The van der Waals surface area contributed by atoms with Crippen molar-refractivity contribution in [2.24, 2.45) is 0 Å². The molecule has 2 atom stereocenters. The monoisotopic (exact) mass is 519 g/mol. The summed E-state index contributed by atoms with van der Waals surface area (Å²) < 4.78 is 5.67. The molecule has 1 saturated heterocycles. The van der Waals surface area contributed by atoms with E-state index in [1.165, 1.54) is 6.33 Å². The van der Waals surface area contributed by atoms with Crippen molar-refractivity contribution in [3.63, 3.8) is 0 Å². The molecule has 1 amide bonds. The molecule has 1 fully saturated rings. The van der Waals surface area contributed by atoms with Crippen LogP contribution >= 0.6 is 11.6 Å². The number of nitrogens with one attached hydrogen (secondary N) is 3. The minimum absolute atomic E-state index is 0.00648. The van der Waals surface area contributed by atoms with Gasteiger partial charge in [0.25, 0.3) is 0 Å². The largest absolute Gasteiger partial charge is 0.394 e. The summed E-state index contributed by atoms with van der Waals surface area (Å²) in [5, 5.41) is 16.3. The number of ether oxygens (including phenoxy) is 1. The summed E-state index contributed by atoms with van der Waals surface area (Å²) in [6, 6.07) is 14.2. The lowest BCUT2D eigenvalue weighted by molar-refractivity contribution is -0.115. The molecule has 2 aromatic heterocycles. The quantitative estimate of drug-likeness (QED) is 0.259.